The molecule has 0 unspecified atom stereocenters. The van der Waals surface area contributed by atoms with Crippen molar-refractivity contribution in [2.75, 3.05) is 39.5 Å². The maximum absolute atomic E-state index is 12.7. The number of carbonyl (C=O) groups is 1. The van der Waals surface area contributed by atoms with Gasteiger partial charge in [0.1, 0.15) is 18.4 Å². The first-order valence-corrected chi connectivity index (χ1v) is 18.2. The molecule has 0 aromatic rings. The van der Waals surface area contributed by atoms with Gasteiger partial charge in [-0.25, -0.2) is 0 Å². The van der Waals surface area contributed by atoms with Crippen LogP contribution >= 0.6 is 0 Å². The molecule has 0 radical (unpaired) electrons. The molecule has 43 heavy (non-hydrogen) atoms. The second-order valence-electron chi connectivity index (χ2n) is 16.0. The lowest BCUT2D eigenvalue weighted by Crippen LogP contribution is -2.62. The molecule has 4 aliphatic carbocycles. The number of aliphatic hydroxyl groups is 4. The van der Waals surface area contributed by atoms with Gasteiger partial charge in [-0.15, -0.1) is 0 Å². The van der Waals surface area contributed by atoms with Crippen LogP contribution in [0.15, 0.2) is 0 Å². The molecule has 0 heterocycles. The van der Waals surface area contributed by atoms with Gasteiger partial charge in [-0.2, -0.15) is 8.42 Å². The minimum atomic E-state index is -4.23. The largest absolute Gasteiger partial charge is 0.393 e. The van der Waals surface area contributed by atoms with Crippen LogP contribution in [-0.2, 0) is 14.9 Å². The van der Waals surface area contributed by atoms with E-state index in [0.29, 0.717) is 48.7 Å². The molecule has 0 spiro atoms. The number of nitrogens with one attached hydrogen (secondary N) is 1. The van der Waals surface area contributed by atoms with Gasteiger partial charge >= 0.3 is 0 Å². The molecular weight excluding hydrogens is 572 g/mol. The zero-order valence-corrected chi connectivity index (χ0v) is 27.8. The minimum absolute atomic E-state index is 0.00585. The summed E-state index contributed by atoms with van der Waals surface area (Å²) in [5.41, 5.74) is -0.222. The van der Waals surface area contributed by atoms with E-state index in [1.807, 2.05) is 14.1 Å². The van der Waals surface area contributed by atoms with Crippen LogP contribution in [0.4, 0.5) is 0 Å². The van der Waals surface area contributed by atoms with Crippen LogP contribution in [0, 0.1) is 46.3 Å². The van der Waals surface area contributed by atoms with Gasteiger partial charge in [0.2, 0.25) is 5.91 Å². The first-order valence-electron chi connectivity index (χ1n) is 16.6. The monoisotopic (exact) mass is 631 g/mol. The number of hydrogen-bond donors (Lipinski definition) is 6. The van der Waals surface area contributed by atoms with Gasteiger partial charge < -0.3 is 30.2 Å². The molecular formula is C32H59N2O8S+. The highest BCUT2D eigenvalue weighted by molar-refractivity contribution is 7.85. The van der Waals surface area contributed by atoms with Crippen molar-refractivity contribution in [3.05, 3.63) is 0 Å². The van der Waals surface area contributed by atoms with E-state index in [1.165, 1.54) is 0 Å². The third-order valence-corrected chi connectivity index (χ3v) is 13.5. The zero-order valence-electron chi connectivity index (χ0n) is 27.0. The number of nitrogens with zero attached hydrogens (tertiary/aromatic N) is 1. The Labute approximate surface area is 259 Å². The average Bonchev–Trinajstić information content (AvgIpc) is 3.24. The fraction of sp³-hybridized carbons (Fsp3) is 0.969. The molecule has 4 fully saturated rings. The van der Waals surface area contributed by atoms with E-state index in [4.69, 9.17) is 4.55 Å². The Morgan fingerprint density at radius 2 is 1.74 bits per heavy atom. The van der Waals surface area contributed by atoms with Crippen LogP contribution in [0.25, 0.3) is 0 Å². The number of rotatable bonds is 12. The van der Waals surface area contributed by atoms with Gasteiger partial charge in [0, 0.05) is 19.4 Å². The average molecular weight is 632 g/mol. The molecule has 0 aromatic carbocycles. The first kappa shape index (κ1) is 35.0. The number of carbonyl (C=O) groups excluding carboxylic acids is 1. The van der Waals surface area contributed by atoms with E-state index in [0.717, 1.165) is 44.9 Å². The van der Waals surface area contributed by atoms with E-state index in [9.17, 15) is 33.6 Å². The van der Waals surface area contributed by atoms with Crippen LogP contribution in [0.5, 0.6) is 0 Å². The Hall–Kier alpha value is -0.820. The highest BCUT2D eigenvalue weighted by atomic mass is 32.2. The van der Waals surface area contributed by atoms with Crippen LogP contribution in [0.3, 0.4) is 0 Å². The molecule has 4 aliphatic rings. The van der Waals surface area contributed by atoms with E-state index < -0.39 is 28.1 Å². The van der Waals surface area contributed by atoms with Crippen molar-refractivity contribution in [3.8, 4) is 0 Å². The Bertz CT molecular complexity index is 1090. The molecule has 12 atom stereocenters. The Morgan fingerprint density at radius 3 is 2.42 bits per heavy atom. The number of hydrogen-bond acceptors (Lipinski definition) is 7. The summed E-state index contributed by atoms with van der Waals surface area (Å²) in [6, 6.07) is 0. The third kappa shape index (κ3) is 7.60. The molecule has 11 heteroatoms. The lowest BCUT2D eigenvalue weighted by atomic mass is 9.43. The van der Waals surface area contributed by atoms with Gasteiger partial charge in [-0.05, 0) is 97.7 Å². The molecule has 0 aromatic heterocycles. The van der Waals surface area contributed by atoms with Crippen molar-refractivity contribution in [1.29, 1.82) is 0 Å². The van der Waals surface area contributed by atoms with Gasteiger partial charge in [0.05, 0.1) is 39.0 Å². The highest BCUT2D eigenvalue weighted by Gasteiger charge is 2.65. The second kappa shape index (κ2) is 13.1. The molecule has 250 valence electrons. The highest BCUT2D eigenvalue weighted by Crippen LogP contribution is 2.68. The lowest BCUT2D eigenvalue weighted by Gasteiger charge is -2.63. The second-order valence-corrected chi connectivity index (χ2v) is 17.5. The van der Waals surface area contributed by atoms with Crippen LogP contribution in [0.1, 0.15) is 85.0 Å². The topological polar surface area (TPSA) is 164 Å². The van der Waals surface area contributed by atoms with E-state index in [-0.39, 0.29) is 59.2 Å². The maximum Gasteiger partial charge on any atom is 0.267 e. The Morgan fingerprint density at radius 1 is 1.05 bits per heavy atom. The van der Waals surface area contributed by atoms with Crippen LogP contribution < -0.4 is 5.32 Å². The fourth-order valence-electron chi connectivity index (χ4n) is 10.5. The molecule has 0 bridgehead atoms. The Kier molecular flexibility index (Phi) is 10.7. The number of fused-ring (bicyclic) bond motifs is 5. The van der Waals surface area contributed by atoms with Crippen LogP contribution in [-0.4, -0.2) is 108 Å². The summed E-state index contributed by atoms with van der Waals surface area (Å²) in [5, 5.41) is 46.5. The van der Waals surface area contributed by atoms with Crippen molar-refractivity contribution in [1.82, 2.24) is 5.32 Å². The zero-order chi connectivity index (χ0) is 32.0. The van der Waals surface area contributed by atoms with E-state index >= 15 is 0 Å². The van der Waals surface area contributed by atoms with Crippen molar-refractivity contribution in [2.45, 2.75) is 109 Å². The molecule has 4 saturated carbocycles. The standard InChI is InChI=1S/C32H58N2O8S/c1-20(7-10-29(39)33-13-6-14-34(4,5)18-23(36)19-43(40,41)42)24-8-9-25-30-26(17-28(38)32(24,25)3)31(2)12-11-22(35)15-21(31)16-27(30)37/h20-28,30,35-38H,6-19H2,1-5H3,(H-,33,39,40,41,42)/p+1/t20-,21+,22-,23+,24+,25-,26-,27+,28+,30-,31-,32+/m0/s1. The van der Waals surface area contributed by atoms with Crippen molar-refractivity contribution in [3.63, 3.8) is 0 Å². The number of likely N-dealkylation sites (N-methyl/N-ethyl adjacent to an activating group) is 1. The third-order valence-electron chi connectivity index (χ3n) is 12.7. The minimum Gasteiger partial charge on any atom is -0.393 e. The SMILES string of the molecule is C[C@@H](CCC(=O)NCCC[N+](C)(C)C[C@@H](O)CS(=O)(=O)O)[C@H]1CC[C@H]2[C@@H]3[C@H](O)C[C@H]4C[C@@H](O)CC[C@]4(C)[C@H]3C[C@@H](O)[C@]12C. The van der Waals surface area contributed by atoms with Crippen molar-refractivity contribution >= 4 is 16.0 Å². The smallest absolute Gasteiger partial charge is 0.267 e. The van der Waals surface area contributed by atoms with Gasteiger partial charge in [-0.1, -0.05) is 20.8 Å². The molecule has 0 aliphatic heterocycles. The molecule has 6 N–H and O–H groups in total. The summed E-state index contributed by atoms with van der Waals surface area (Å²) in [7, 11) is -0.484. The fourth-order valence-corrected chi connectivity index (χ4v) is 11.1. The summed E-state index contributed by atoms with van der Waals surface area (Å²) < 4.78 is 31.3. The summed E-state index contributed by atoms with van der Waals surface area (Å²) >= 11 is 0. The maximum atomic E-state index is 12.7. The van der Waals surface area contributed by atoms with Gasteiger partial charge in [-0.3, -0.25) is 9.35 Å². The first-order chi connectivity index (χ1) is 19.9. The Balaban J connectivity index is 1.27. The summed E-state index contributed by atoms with van der Waals surface area (Å²) in [5.74, 6) is 0.890. The molecule has 1 amide bonds. The van der Waals surface area contributed by atoms with Gasteiger partial charge in [0.15, 0.2) is 0 Å². The molecule has 10 nitrogen and oxygen atoms in total. The normalized spacial score (nSPS) is 41.1. The molecule has 4 rings (SSSR count). The van der Waals surface area contributed by atoms with E-state index in [1.54, 1.807) is 0 Å². The lowest BCUT2D eigenvalue weighted by molar-refractivity contribution is -0.893. The quantitative estimate of drug-likeness (QED) is 0.108. The predicted octanol–water partition coefficient (Wildman–Crippen LogP) is 2.20. The predicted molar refractivity (Wildman–Crippen MR) is 164 cm³/mol. The summed E-state index contributed by atoms with van der Waals surface area (Å²) in [6.07, 6.45) is 5.56. The number of aliphatic hydroxyl groups excluding tert-OH is 4. The number of quaternary nitrogens is 1. The summed E-state index contributed by atoms with van der Waals surface area (Å²) in [4.78, 5) is 12.7. The number of amides is 1. The van der Waals surface area contributed by atoms with E-state index in [2.05, 4.69) is 26.1 Å². The van der Waals surface area contributed by atoms with Crippen molar-refractivity contribution < 1.29 is 42.7 Å². The molecule has 0 saturated heterocycles. The van der Waals surface area contributed by atoms with Gasteiger partial charge in [0.25, 0.3) is 10.1 Å². The van der Waals surface area contributed by atoms with Crippen molar-refractivity contribution in [2.24, 2.45) is 46.3 Å². The summed E-state index contributed by atoms with van der Waals surface area (Å²) in [6.45, 7) is 8.10. The van der Waals surface area contributed by atoms with Crippen LogP contribution in [0.2, 0.25) is 0 Å².